The number of alkyl halides is 2. The van der Waals surface area contributed by atoms with E-state index in [9.17, 15) is 13.6 Å². The number of aryl methyl sites for hydroxylation is 1. The zero-order chi connectivity index (χ0) is 9.84. The maximum atomic E-state index is 11.7. The summed E-state index contributed by atoms with van der Waals surface area (Å²) in [4.78, 5) is 11.1. The third-order valence-electron chi connectivity index (χ3n) is 1.51. The van der Waals surface area contributed by atoms with Crippen molar-refractivity contribution in [2.45, 2.75) is 6.43 Å². The molecule has 0 aliphatic heterocycles. The standard InChI is InChI=1S/C8H10F2N2O/c1-12-3-2-6(5-12)8(13)11-4-7(9)10/h2-3,5,7H,4H2,1H3,(H,11,13). The number of hydrogen-bond acceptors (Lipinski definition) is 1. The van der Waals surface area contributed by atoms with Crippen molar-refractivity contribution in [3.8, 4) is 0 Å². The molecular weight excluding hydrogens is 178 g/mol. The molecule has 0 radical (unpaired) electrons. The Morgan fingerprint density at radius 1 is 1.69 bits per heavy atom. The Morgan fingerprint density at radius 2 is 2.38 bits per heavy atom. The van der Waals surface area contributed by atoms with Gasteiger partial charge in [-0.3, -0.25) is 4.79 Å². The molecule has 1 heterocycles. The van der Waals surface area contributed by atoms with Crippen LogP contribution in [0.2, 0.25) is 0 Å². The zero-order valence-electron chi connectivity index (χ0n) is 7.13. The van der Waals surface area contributed by atoms with E-state index in [1.807, 2.05) is 0 Å². The van der Waals surface area contributed by atoms with Crippen LogP contribution in [-0.2, 0) is 7.05 Å². The van der Waals surface area contributed by atoms with Crippen LogP contribution in [0.1, 0.15) is 10.4 Å². The Hall–Kier alpha value is -1.39. The van der Waals surface area contributed by atoms with Crippen molar-refractivity contribution in [2.24, 2.45) is 7.05 Å². The van der Waals surface area contributed by atoms with Gasteiger partial charge in [-0.05, 0) is 6.07 Å². The van der Waals surface area contributed by atoms with E-state index < -0.39 is 18.9 Å². The molecule has 1 aromatic heterocycles. The van der Waals surface area contributed by atoms with E-state index in [0.29, 0.717) is 5.56 Å². The van der Waals surface area contributed by atoms with Gasteiger partial charge in [0.2, 0.25) is 0 Å². The topological polar surface area (TPSA) is 34.0 Å². The van der Waals surface area contributed by atoms with Crippen LogP contribution in [0, 0.1) is 0 Å². The predicted molar refractivity (Wildman–Crippen MR) is 43.8 cm³/mol. The molecule has 0 atom stereocenters. The summed E-state index contributed by atoms with van der Waals surface area (Å²) >= 11 is 0. The molecule has 3 nitrogen and oxygen atoms in total. The molecule has 0 aliphatic rings. The summed E-state index contributed by atoms with van der Waals surface area (Å²) in [7, 11) is 1.75. The highest BCUT2D eigenvalue weighted by Gasteiger charge is 2.08. The van der Waals surface area contributed by atoms with Gasteiger partial charge in [-0.2, -0.15) is 0 Å². The Labute approximate surface area is 74.4 Å². The lowest BCUT2D eigenvalue weighted by molar-refractivity contribution is 0.0891. The number of aromatic nitrogens is 1. The molecule has 1 aromatic rings. The second-order valence-corrected chi connectivity index (χ2v) is 2.67. The molecule has 0 fully saturated rings. The van der Waals surface area contributed by atoms with Crippen molar-refractivity contribution in [3.63, 3.8) is 0 Å². The number of carbonyl (C=O) groups is 1. The third-order valence-corrected chi connectivity index (χ3v) is 1.51. The number of halogens is 2. The van der Waals surface area contributed by atoms with Crippen LogP contribution in [-0.4, -0.2) is 23.4 Å². The van der Waals surface area contributed by atoms with Crippen molar-refractivity contribution in [1.29, 1.82) is 0 Å². The first-order chi connectivity index (χ1) is 6.09. The predicted octanol–water partition coefficient (Wildman–Crippen LogP) is 1.02. The second-order valence-electron chi connectivity index (χ2n) is 2.67. The van der Waals surface area contributed by atoms with Crippen molar-refractivity contribution in [3.05, 3.63) is 24.0 Å². The second kappa shape index (κ2) is 4.02. The molecule has 0 bridgehead atoms. The first-order valence-corrected chi connectivity index (χ1v) is 3.78. The van der Waals surface area contributed by atoms with Gasteiger partial charge >= 0.3 is 0 Å². The zero-order valence-corrected chi connectivity index (χ0v) is 7.13. The number of nitrogens with one attached hydrogen (secondary N) is 1. The molecule has 0 saturated heterocycles. The highest BCUT2D eigenvalue weighted by Crippen LogP contribution is 1.99. The Balaban J connectivity index is 2.49. The van der Waals surface area contributed by atoms with Crippen molar-refractivity contribution >= 4 is 5.91 Å². The maximum Gasteiger partial charge on any atom is 0.255 e. The largest absolute Gasteiger partial charge is 0.356 e. The van der Waals surface area contributed by atoms with Gasteiger partial charge in [-0.25, -0.2) is 8.78 Å². The van der Waals surface area contributed by atoms with Gasteiger partial charge in [-0.1, -0.05) is 0 Å². The van der Waals surface area contributed by atoms with Crippen LogP contribution in [0.15, 0.2) is 18.5 Å². The minimum Gasteiger partial charge on any atom is -0.356 e. The molecule has 0 aliphatic carbocycles. The molecule has 0 saturated carbocycles. The fourth-order valence-electron chi connectivity index (χ4n) is 0.910. The van der Waals surface area contributed by atoms with Crippen LogP contribution in [0.5, 0.6) is 0 Å². The SMILES string of the molecule is Cn1ccc(C(=O)NCC(F)F)c1. The van der Waals surface area contributed by atoms with Crippen molar-refractivity contribution < 1.29 is 13.6 Å². The summed E-state index contributed by atoms with van der Waals surface area (Å²) in [5.41, 5.74) is 0.392. The van der Waals surface area contributed by atoms with Crippen LogP contribution >= 0.6 is 0 Å². The fourth-order valence-corrected chi connectivity index (χ4v) is 0.910. The van der Waals surface area contributed by atoms with E-state index >= 15 is 0 Å². The molecule has 1 rings (SSSR count). The quantitative estimate of drug-likeness (QED) is 0.755. The normalized spacial score (nSPS) is 10.5. The monoisotopic (exact) mass is 188 g/mol. The van der Waals surface area contributed by atoms with Gasteiger partial charge in [-0.15, -0.1) is 0 Å². The lowest BCUT2D eigenvalue weighted by atomic mass is 10.3. The summed E-state index contributed by atoms with van der Waals surface area (Å²) in [5.74, 6) is -0.471. The van der Waals surface area contributed by atoms with E-state index in [0.717, 1.165) is 0 Å². The van der Waals surface area contributed by atoms with Gasteiger partial charge in [0, 0.05) is 19.4 Å². The molecule has 0 aromatic carbocycles. The Morgan fingerprint density at radius 3 is 2.85 bits per heavy atom. The minimum atomic E-state index is -2.51. The average Bonchev–Trinajstić information content (AvgIpc) is 2.47. The highest BCUT2D eigenvalue weighted by molar-refractivity contribution is 5.93. The lowest BCUT2D eigenvalue weighted by Crippen LogP contribution is -2.28. The molecular formula is C8H10F2N2O. The molecule has 1 N–H and O–H groups in total. The lowest BCUT2D eigenvalue weighted by Gasteiger charge is -2.01. The van der Waals surface area contributed by atoms with E-state index in [-0.39, 0.29) is 0 Å². The Kier molecular flexibility index (Phi) is 3.00. The van der Waals surface area contributed by atoms with Crippen molar-refractivity contribution in [2.75, 3.05) is 6.54 Å². The molecule has 0 spiro atoms. The van der Waals surface area contributed by atoms with Crippen molar-refractivity contribution in [1.82, 2.24) is 9.88 Å². The maximum absolute atomic E-state index is 11.7. The van der Waals surface area contributed by atoms with Crippen LogP contribution in [0.25, 0.3) is 0 Å². The summed E-state index contributed by atoms with van der Waals surface area (Å²) in [6, 6.07) is 1.57. The minimum absolute atomic E-state index is 0.392. The number of hydrogen-bond donors (Lipinski definition) is 1. The van der Waals surface area contributed by atoms with E-state index in [2.05, 4.69) is 5.32 Å². The Bertz CT molecular complexity index is 296. The van der Waals surface area contributed by atoms with Gasteiger partial charge in [0.05, 0.1) is 12.1 Å². The molecule has 13 heavy (non-hydrogen) atoms. The fraction of sp³-hybridized carbons (Fsp3) is 0.375. The molecule has 5 heteroatoms. The summed E-state index contributed by atoms with van der Waals surface area (Å²) < 4.78 is 25.1. The van der Waals surface area contributed by atoms with Crippen LogP contribution < -0.4 is 5.32 Å². The van der Waals surface area contributed by atoms with Gasteiger partial charge in [0.25, 0.3) is 12.3 Å². The first-order valence-electron chi connectivity index (χ1n) is 3.78. The van der Waals surface area contributed by atoms with E-state index in [4.69, 9.17) is 0 Å². The molecule has 72 valence electrons. The summed E-state index contributed by atoms with van der Waals surface area (Å²) in [6.07, 6.45) is 0.741. The number of carbonyl (C=O) groups excluding carboxylic acids is 1. The number of rotatable bonds is 3. The molecule has 1 amide bonds. The highest BCUT2D eigenvalue weighted by atomic mass is 19.3. The first kappa shape index (κ1) is 9.70. The van der Waals surface area contributed by atoms with Crippen LogP contribution in [0.3, 0.4) is 0 Å². The van der Waals surface area contributed by atoms with E-state index in [1.165, 1.54) is 0 Å². The van der Waals surface area contributed by atoms with Crippen LogP contribution in [0.4, 0.5) is 8.78 Å². The summed E-state index contributed by atoms with van der Waals surface area (Å²) in [6.45, 7) is -0.603. The van der Waals surface area contributed by atoms with Gasteiger partial charge < -0.3 is 9.88 Å². The number of nitrogens with zero attached hydrogens (tertiary/aromatic N) is 1. The smallest absolute Gasteiger partial charge is 0.255 e. The number of amides is 1. The van der Waals surface area contributed by atoms with Gasteiger partial charge in [0.15, 0.2) is 0 Å². The van der Waals surface area contributed by atoms with Gasteiger partial charge in [0.1, 0.15) is 0 Å². The summed E-state index contributed by atoms with van der Waals surface area (Å²) in [5, 5.41) is 2.11. The van der Waals surface area contributed by atoms with E-state index in [1.54, 1.807) is 30.1 Å². The average molecular weight is 188 g/mol. The molecule has 0 unspecified atom stereocenters. The third kappa shape index (κ3) is 2.85.